The SMILES string of the molecule is O=C(CO)N1CCC(c2c(O)cc(Cl)c(Cl)c2Cl)CC1. The van der Waals surface area contributed by atoms with Gasteiger partial charge in [-0.1, -0.05) is 34.8 Å². The van der Waals surface area contributed by atoms with E-state index in [-0.39, 0.29) is 32.6 Å². The van der Waals surface area contributed by atoms with Gasteiger partial charge in [0.1, 0.15) is 12.4 Å². The maximum Gasteiger partial charge on any atom is 0.248 e. The number of aliphatic hydroxyl groups excluding tert-OH is 1. The van der Waals surface area contributed by atoms with Crippen LogP contribution in [0, 0.1) is 0 Å². The van der Waals surface area contributed by atoms with E-state index in [1.165, 1.54) is 6.07 Å². The van der Waals surface area contributed by atoms with E-state index in [1.54, 1.807) is 4.90 Å². The number of phenolic OH excluding ortho intramolecular Hbond substituents is 1. The lowest BCUT2D eigenvalue weighted by atomic mass is 9.88. The molecule has 1 amide bonds. The molecule has 1 aromatic carbocycles. The largest absolute Gasteiger partial charge is 0.508 e. The third-order valence-corrected chi connectivity index (χ3v) is 4.85. The second kappa shape index (κ2) is 6.39. The lowest BCUT2D eigenvalue weighted by Crippen LogP contribution is -2.39. The highest BCUT2D eigenvalue weighted by Crippen LogP contribution is 2.44. The van der Waals surface area contributed by atoms with Gasteiger partial charge in [-0.05, 0) is 18.8 Å². The van der Waals surface area contributed by atoms with Gasteiger partial charge in [-0.15, -0.1) is 0 Å². The number of phenols is 1. The van der Waals surface area contributed by atoms with Crippen molar-refractivity contribution in [1.82, 2.24) is 4.90 Å². The van der Waals surface area contributed by atoms with Gasteiger partial charge in [0, 0.05) is 24.7 Å². The summed E-state index contributed by atoms with van der Waals surface area (Å²) in [6, 6.07) is 1.39. The lowest BCUT2D eigenvalue weighted by molar-refractivity contribution is -0.135. The molecule has 20 heavy (non-hydrogen) atoms. The van der Waals surface area contributed by atoms with Crippen LogP contribution in [0.5, 0.6) is 5.75 Å². The number of halogens is 3. The molecule has 1 saturated heterocycles. The molecule has 0 bridgehead atoms. The molecule has 1 aliphatic rings. The van der Waals surface area contributed by atoms with E-state index in [2.05, 4.69) is 0 Å². The quantitative estimate of drug-likeness (QED) is 0.815. The number of benzene rings is 1. The summed E-state index contributed by atoms with van der Waals surface area (Å²) in [4.78, 5) is 13.0. The van der Waals surface area contributed by atoms with E-state index in [4.69, 9.17) is 39.9 Å². The standard InChI is InChI=1S/C13H14Cl3NO3/c14-8-5-9(19)11(13(16)12(8)15)7-1-3-17(4-2-7)10(20)6-18/h5,7,18-19H,1-4,6H2. The summed E-state index contributed by atoms with van der Waals surface area (Å²) in [5.74, 6) is -0.246. The number of amides is 1. The molecule has 1 fully saturated rings. The first-order valence-electron chi connectivity index (χ1n) is 6.20. The maximum atomic E-state index is 11.4. The fraction of sp³-hybridized carbons (Fsp3) is 0.462. The Balaban J connectivity index is 2.19. The first kappa shape index (κ1) is 15.7. The van der Waals surface area contributed by atoms with Crippen molar-refractivity contribution in [2.24, 2.45) is 0 Å². The second-order valence-corrected chi connectivity index (χ2v) is 5.90. The summed E-state index contributed by atoms with van der Waals surface area (Å²) >= 11 is 18.0. The monoisotopic (exact) mass is 337 g/mol. The maximum absolute atomic E-state index is 11.4. The molecular weight excluding hydrogens is 325 g/mol. The summed E-state index contributed by atoms with van der Waals surface area (Å²) in [6.45, 7) is 0.545. The zero-order valence-electron chi connectivity index (χ0n) is 10.6. The Morgan fingerprint density at radius 3 is 2.40 bits per heavy atom. The molecule has 0 spiro atoms. The number of aliphatic hydroxyl groups is 1. The summed E-state index contributed by atoms with van der Waals surface area (Å²) < 4.78 is 0. The number of likely N-dealkylation sites (tertiary alicyclic amines) is 1. The lowest BCUT2D eigenvalue weighted by Gasteiger charge is -2.32. The number of carbonyl (C=O) groups is 1. The molecule has 0 saturated carbocycles. The minimum absolute atomic E-state index is 0.0139. The van der Waals surface area contributed by atoms with Gasteiger partial charge in [-0.2, -0.15) is 0 Å². The van der Waals surface area contributed by atoms with Gasteiger partial charge in [0.2, 0.25) is 5.91 Å². The van der Waals surface area contributed by atoms with Crippen LogP contribution in [-0.4, -0.2) is 40.7 Å². The van der Waals surface area contributed by atoms with Crippen LogP contribution < -0.4 is 0 Å². The molecule has 1 aliphatic heterocycles. The molecule has 1 heterocycles. The first-order chi connectivity index (χ1) is 9.45. The Hall–Kier alpha value is -0.680. The predicted molar refractivity (Wildman–Crippen MR) is 78.8 cm³/mol. The van der Waals surface area contributed by atoms with E-state index in [9.17, 15) is 9.90 Å². The second-order valence-electron chi connectivity index (χ2n) is 4.73. The first-order valence-corrected chi connectivity index (χ1v) is 7.34. The smallest absolute Gasteiger partial charge is 0.248 e. The average molecular weight is 339 g/mol. The third-order valence-electron chi connectivity index (χ3n) is 3.57. The van der Waals surface area contributed by atoms with Crippen LogP contribution in [0.1, 0.15) is 24.3 Å². The van der Waals surface area contributed by atoms with Crippen LogP contribution in [0.4, 0.5) is 0 Å². The summed E-state index contributed by atoms with van der Waals surface area (Å²) in [7, 11) is 0. The summed E-state index contributed by atoms with van der Waals surface area (Å²) in [6.07, 6.45) is 1.30. The zero-order chi connectivity index (χ0) is 14.9. The molecule has 0 radical (unpaired) electrons. The van der Waals surface area contributed by atoms with Crippen LogP contribution in [0.2, 0.25) is 15.1 Å². The number of aromatic hydroxyl groups is 1. The van der Waals surface area contributed by atoms with Crippen molar-refractivity contribution in [3.05, 3.63) is 26.7 Å². The minimum Gasteiger partial charge on any atom is -0.508 e. The van der Waals surface area contributed by atoms with Gasteiger partial charge in [-0.25, -0.2) is 0 Å². The van der Waals surface area contributed by atoms with Crippen LogP contribution >= 0.6 is 34.8 Å². The van der Waals surface area contributed by atoms with Crippen LogP contribution in [0.3, 0.4) is 0 Å². The van der Waals surface area contributed by atoms with Gasteiger partial charge in [0.25, 0.3) is 0 Å². The third kappa shape index (κ3) is 2.98. The molecule has 0 unspecified atom stereocenters. The molecule has 0 atom stereocenters. The number of nitrogens with zero attached hydrogens (tertiary/aromatic N) is 1. The molecule has 0 aliphatic carbocycles. The van der Waals surface area contributed by atoms with Crippen molar-refractivity contribution >= 4 is 40.7 Å². The molecule has 2 N–H and O–H groups in total. The summed E-state index contributed by atoms with van der Waals surface area (Å²) in [5, 5.41) is 19.6. The molecular formula is C13H14Cl3NO3. The van der Waals surface area contributed by atoms with Crippen LogP contribution in [0.15, 0.2) is 6.07 Å². The Morgan fingerprint density at radius 2 is 1.85 bits per heavy atom. The average Bonchev–Trinajstić information content (AvgIpc) is 2.45. The molecule has 110 valence electrons. The number of hydrogen-bond acceptors (Lipinski definition) is 3. The van der Waals surface area contributed by atoms with Gasteiger partial charge >= 0.3 is 0 Å². The van der Waals surface area contributed by atoms with Gasteiger partial charge in [0.05, 0.1) is 15.1 Å². The molecule has 2 rings (SSSR count). The van der Waals surface area contributed by atoms with Crippen molar-refractivity contribution in [2.45, 2.75) is 18.8 Å². The van der Waals surface area contributed by atoms with E-state index in [0.717, 1.165) is 0 Å². The Bertz CT molecular complexity index is 528. The van der Waals surface area contributed by atoms with E-state index < -0.39 is 6.61 Å². The van der Waals surface area contributed by atoms with Gasteiger partial charge in [0.15, 0.2) is 0 Å². The van der Waals surface area contributed by atoms with Crippen LogP contribution in [-0.2, 0) is 4.79 Å². The Morgan fingerprint density at radius 1 is 1.25 bits per heavy atom. The fourth-order valence-corrected chi connectivity index (χ4v) is 3.26. The van der Waals surface area contributed by atoms with Crippen molar-refractivity contribution in [2.75, 3.05) is 19.7 Å². The van der Waals surface area contributed by atoms with Crippen molar-refractivity contribution in [3.8, 4) is 5.75 Å². The highest BCUT2D eigenvalue weighted by molar-refractivity contribution is 6.48. The predicted octanol–water partition coefficient (Wildman–Crippen LogP) is 3.05. The molecule has 0 aromatic heterocycles. The highest BCUT2D eigenvalue weighted by Gasteiger charge is 2.28. The Kier molecular flexibility index (Phi) is 5.02. The molecule has 1 aromatic rings. The van der Waals surface area contributed by atoms with Crippen LogP contribution in [0.25, 0.3) is 0 Å². The van der Waals surface area contributed by atoms with E-state index in [0.29, 0.717) is 31.5 Å². The Labute approximate surface area is 131 Å². The number of carbonyl (C=O) groups excluding carboxylic acids is 1. The zero-order valence-corrected chi connectivity index (χ0v) is 12.8. The minimum atomic E-state index is -0.483. The highest BCUT2D eigenvalue weighted by atomic mass is 35.5. The number of piperidine rings is 1. The number of rotatable bonds is 2. The van der Waals surface area contributed by atoms with Crippen molar-refractivity contribution in [3.63, 3.8) is 0 Å². The van der Waals surface area contributed by atoms with Gasteiger partial charge < -0.3 is 15.1 Å². The van der Waals surface area contributed by atoms with Gasteiger partial charge in [-0.3, -0.25) is 4.79 Å². The van der Waals surface area contributed by atoms with Crippen molar-refractivity contribution < 1.29 is 15.0 Å². The molecule has 7 heteroatoms. The van der Waals surface area contributed by atoms with E-state index in [1.807, 2.05) is 0 Å². The number of hydrogen-bond donors (Lipinski definition) is 2. The normalized spacial score (nSPS) is 16.5. The fourth-order valence-electron chi connectivity index (χ4n) is 2.50. The van der Waals surface area contributed by atoms with Crippen molar-refractivity contribution in [1.29, 1.82) is 0 Å². The molecule has 4 nitrogen and oxygen atoms in total. The van der Waals surface area contributed by atoms with E-state index >= 15 is 0 Å². The topological polar surface area (TPSA) is 60.8 Å². The summed E-state index contributed by atoms with van der Waals surface area (Å²) in [5.41, 5.74) is 0.581.